The highest BCUT2D eigenvalue weighted by molar-refractivity contribution is 5.18. The van der Waals surface area contributed by atoms with E-state index in [2.05, 4.69) is 9.72 Å². The van der Waals surface area contributed by atoms with E-state index in [1.807, 2.05) is 0 Å². The second kappa shape index (κ2) is 3.83. The summed E-state index contributed by atoms with van der Waals surface area (Å²) in [6.07, 6.45) is -4.49. The molecule has 0 aromatic carbocycles. The van der Waals surface area contributed by atoms with E-state index in [0.717, 1.165) is 0 Å². The average Bonchev–Trinajstić information content (AvgIpc) is 2.15. The van der Waals surface area contributed by atoms with Gasteiger partial charge in [-0.1, -0.05) is 6.07 Å². The van der Waals surface area contributed by atoms with Crippen LogP contribution < -0.4 is 10.5 Å². The van der Waals surface area contributed by atoms with E-state index >= 15 is 0 Å². The third-order valence-corrected chi connectivity index (χ3v) is 1.63. The molecule has 14 heavy (non-hydrogen) atoms. The van der Waals surface area contributed by atoms with Crippen molar-refractivity contribution in [3.63, 3.8) is 0 Å². The Kier molecular flexibility index (Phi) is 2.95. The molecule has 0 unspecified atom stereocenters. The molecule has 0 aliphatic carbocycles. The van der Waals surface area contributed by atoms with Crippen molar-refractivity contribution in [1.29, 1.82) is 0 Å². The second-order valence-corrected chi connectivity index (χ2v) is 2.62. The topological polar surface area (TPSA) is 48.1 Å². The van der Waals surface area contributed by atoms with E-state index in [1.165, 1.54) is 25.3 Å². The molecular weight excluding hydrogens is 197 g/mol. The van der Waals surface area contributed by atoms with Crippen molar-refractivity contribution in [1.82, 2.24) is 4.98 Å². The molecule has 1 atom stereocenters. The van der Waals surface area contributed by atoms with Crippen LogP contribution in [0.15, 0.2) is 18.2 Å². The van der Waals surface area contributed by atoms with Gasteiger partial charge in [0.2, 0.25) is 5.88 Å². The van der Waals surface area contributed by atoms with Crippen molar-refractivity contribution in [2.24, 2.45) is 5.73 Å². The van der Waals surface area contributed by atoms with Gasteiger partial charge in [0.1, 0.15) is 6.04 Å². The molecule has 6 heteroatoms. The Balaban J connectivity index is 2.95. The zero-order chi connectivity index (χ0) is 10.8. The molecule has 0 aliphatic rings. The molecule has 1 rings (SSSR count). The molecule has 0 fully saturated rings. The Morgan fingerprint density at radius 1 is 1.43 bits per heavy atom. The standard InChI is InChI=1S/C8H9F3N2O/c1-14-6-4-2-3-5(13-6)7(12)8(9,10)11/h2-4,7H,12H2,1H3/t7-/m0/s1. The van der Waals surface area contributed by atoms with Crippen LogP contribution in [-0.4, -0.2) is 18.3 Å². The monoisotopic (exact) mass is 206 g/mol. The molecular formula is C8H9F3N2O. The van der Waals surface area contributed by atoms with Gasteiger partial charge < -0.3 is 10.5 Å². The predicted molar refractivity (Wildman–Crippen MR) is 43.8 cm³/mol. The third kappa shape index (κ3) is 2.35. The first-order valence-electron chi connectivity index (χ1n) is 3.78. The normalized spacial score (nSPS) is 13.8. The number of pyridine rings is 1. The molecule has 1 aromatic rings. The summed E-state index contributed by atoms with van der Waals surface area (Å²) in [5, 5.41) is 0. The average molecular weight is 206 g/mol. The van der Waals surface area contributed by atoms with E-state index in [0.29, 0.717) is 0 Å². The summed E-state index contributed by atoms with van der Waals surface area (Å²) < 4.78 is 41.2. The minimum absolute atomic E-state index is 0.113. The molecule has 0 saturated carbocycles. The highest BCUT2D eigenvalue weighted by Gasteiger charge is 2.38. The first-order valence-corrected chi connectivity index (χ1v) is 3.78. The van der Waals surface area contributed by atoms with E-state index in [-0.39, 0.29) is 11.6 Å². The summed E-state index contributed by atoms with van der Waals surface area (Å²) in [6.45, 7) is 0. The van der Waals surface area contributed by atoms with Crippen LogP contribution in [0.4, 0.5) is 13.2 Å². The number of aromatic nitrogens is 1. The van der Waals surface area contributed by atoms with Gasteiger partial charge in [-0.25, -0.2) is 4.98 Å². The van der Waals surface area contributed by atoms with Gasteiger partial charge in [-0.05, 0) is 6.07 Å². The first kappa shape index (κ1) is 10.8. The summed E-state index contributed by atoms with van der Waals surface area (Å²) in [5.41, 5.74) is 4.70. The fourth-order valence-electron chi connectivity index (χ4n) is 0.885. The fourth-order valence-corrected chi connectivity index (χ4v) is 0.885. The summed E-state index contributed by atoms with van der Waals surface area (Å²) >= 11 is 0. The number of rotatable bonds is 2. The summed E-state index contributed by atoms with van der Waals surface area (Å²) in [6, 6.07) is 2.00. The highest BCUT2D eigenvalue weighted by atomic mass is 19.4. The lowest BCUT2D eigenvalue weighted by atomic mass is 10.2. The van der Waals surface area contributed by atoms with Crippen LogP contribution in [0.1, 0.15) is 11.7 Å². The Bertz CT molecular complexity index is 314. The third-order valence-electron chi connectivity index (χ3n) is 1.63. The van der Waals surface area contributed by atoms with Gasteiger partial charge in [0.05, 0.1) is 12.8 Å². The Hall–Kier alpha value is -1.30. The lowest BCUT2D eigenvalue weighted by Gasteiger charge is -2.15. The summed E-state index contributed by atoms with van der Waals surface area (Å²) in [4.78, 5) is 3.59. The Labute approximate surface area is 78.7 Å². The zero-order valence-corrected chi connectivity index (χ0v) is 7.38. The minimum Gasteiger partial charge on any atom is -0.481 e. The summed E-state index contributed by atoms with van der Waals surface area (Å²) in [5.74, 6) is 0.113. The van der Waals surface area contributed by atoms with Gasteiger partial charge in [0, 0.05) is 6.07 Å². The van der Waals surface area contributed by atoms with Gasteiger partial charge >= 0.3 is 6.18 Å². The van der Waals surface area contributed by atoms with E-state index in [1.54, 1.807) is 0 Å². The summed E-state index contributed by atoms with van der Waals surface area (Å²) in [7, 11) is 1.32. The number of nitrogens with two attached hydrogens (primary N) is 1. The van der Waals surface area contributed by atoms with Crippen molar-refractivity contribution >= 4 is 0 Å². The number of hydrogen-bond acceptors (Lipinski definition) is 3. The van der Waals surface area contributed by atoms with Crippen LogP contribution in [-0.2, 0) is 0 Å². The SMILES string of the molecule is COc1cccc([C@H](N)C(F)(F)F)n1. The first-order chi connectivity index (χ1) is 6.45. The quantitative estimate of drug-likeness (QED) is 0.800. The van der Waals surface area contributed by atoms with Crippen LogP contribution in [0.2, 0.25) is 0 Å². The lowest BCUT2D eigenvalue weighted by Crippen LogP contribution is -2.29. The number of ether oxygens (including phenoxy) is 1. The van der Waals surface area contributed by atoms with Crippen LogP contribution in [0.5, 0.6) is 5.88 Å². The molecule has 0 saturated heterocycles. The van der Waals surface area contributed by atoms with Crippen LogP contribution in [0.3, 0.4) is 0 Å². The van der Waals surface area contributed by atoms with Gasteiger partial charge in [-0.3, -0.25) is 0 Å². The van der Waals surface area contributed by atoms with Crippen LogP contribution >= 0.6 is 0 Å². The zero-order valence-electron chi connectivity index (χ0n) is 7.38. The highest BCUT2D eigenvalue weighted by Crippen LogP contribution is 2.29. The minimum atomic E-state index is -4.49. The number of nitrogens with zero attached hydrogens (tertiary/aromatic N) is 1. The van der Waals surface area contributed by atoms with Crippen molar-refractivity contribution in [2.75, 3.05) is 7.11 Å². The molecule has 1 aromatic heterocycles. The van der Waals surface area contributed by atoms with Gasteiger partial charge in [-0.15, -0.1) is 0 Å². The number of alkyl halides is 3. The molecule has 0 bridgehead atoms. The van der Waals surface area contributed by atoms with Gasteiger partial charge in [0.15, 0.2) is 0 Å². The molecule has 78 valence electrons. The second-order valence-electron chi connectivity index (χ2n) is 2.62. The maximum Gasteiger partial charge on any atom is 0.409 e. The molecule has 2 N–H and O–H groups in total. The Morgan fingerprint density at radius 3 is 2.57 bits per heavy atom. The molecule has 3 nitrogen and oxygen atoms in total. The van der Waals surface area contributed by atoms with Gasteiger partial charge in [0.25, 0.3) is 0 Å². The van der Waals surface area contributed by atoms with Crippen molar-refractivity contribution in [2.45, 2.75) is 12.2 Å². The lowest BCUT2D eigenvalue weighted by molar-refractivity contribution is -0.150. The maximum atomic E-state index is 12.2. The van der Waals surface area contributed by atoms with Crippen molar-refractivity contribution < 1.29 is 17.9 Å². The Morgan fingerprint density at radius 2 is 2.07 bits per heavy atom. The van der Waals surface area contributed by atoms with Crippen molar-refractivity contribution in [3.8, 4) is 5.88 Å². The predicted octanol–water partition coefficient (Wildman–Crippen LogP) is 1.65. The largest absolute Gasteiger partial charge is 0.481 e. The van der Waals surface area contributed by atoms with E-state index in [9.17, 15) is 13.2 Å². The molecule has 0 amide bonds. The number of hydrogen-bond donors (Lipinski definition) is 1. The fraction of sp³-hybridized carbons (Fsp3) is 0.375. The van der Waals surface area contributed by atoms with Gasteiger partial charge in [-0.2, -0.15) is 13.2 Å². The number of methoxy groups -OCH3 is 1. The maximum absolute atomic E-state index is 12.2. The smallest absolute Gasteiger partial charge is 0.409 e. The van der Waals surface area contributed by atoms with Crippen molar-refractivity contribution in [3.05, 3.63) is 23.9 Å². The molecule has 1 heterocycles. The van der Waals surface area contributed by atoms with E-state index < -0.39 is 12.2 Å². The molecule has 0 aliphatic heterocycles. The molecule has 0 radical (unpaired) electrons. The number of halogens is 3. The van der Waals surface area contributed by atoms with Crippen LogP contribution in [0.25, 0.3) is 0 Å². The van der Waals surface area contributed by atoms with Crippen LogP contribution in [0, 0.1) is 0 Å². The molecule has 0 spiro atoms. The van der Waals surface area contributed by atoms with E-state index in [4.69, 9.17) is 5.73 Å².